The zero-order chi connectivity index (χ0) is 14.4. The molecule has 1 N–H and O–H groups in total. The van der Waals surface area contributed by atoms with Crippen molar-refractivity contribution in [2.45, 2.75) is 19.3 Å². The van der Waals surface area contributed by atoms with Crippen LogP contribution in [-0.2, 0) is 0 Å². The van der Waals surface area contributed by atoms with E-state index in [-0.39, 0.29) is 5.56 Å². The van der Waals surface area contributed by atoms with Crippen molar-refractivity contribution in [3.05, 3.63) is 36.0 Å². The molecule has 0 bridgehead atoms. The lowest BCUT2D eigenvalue weighted by Crippen LogP contribution is -2.22. The van der Waals surface area contributed by atoms with Crippen LogP contribution < -0.4 is 4.90 Å². The van der Waals surface area contributed by atoms with Crippen molar-refractivity contribution in [3.63, 3.8) is 0 Å². The summed E-state index contributed by atoms with van der Waals surface area (Å²) in [6, 6.07) is 7.70. The van der Waals surface area contributed by atoms with Crippen LogP contribution in [0, 0.1) is 11.8 Å². The summed E-state index contributed by atoms with van der Waals surface area (Å²) < 4.78 is 0. The summed E-state index contributed by atoms with van der Waals surface area (Å²) in [5, 5.41) is 11.1. The van der Waals surface area contributed by atoms with Gasteiger partial charge >= 0.3 is 5.97 Å². The van der Waals surface area contributed by atoms with E-state index in [0.717, 1.165) is 41.5 Å². The maximum absolute atomic E-state index is 11.4. The van der Waals surface area contributed by atoms with Gasteiger partial charge in [-0.3, -0.25) is 0 Å². The van der Waals surface area contributed by atoms with Gasteiger partial charge in [-0.05, 0) is 24.7 Å². The number of rotatable bonds is 2. The van der Waals surface area contributed by atoms with Gasteiger partial charge in [0.1, 0.15) is 5.82 Å². The number of nitrogens with zero attached hydrogens (tertiary/aromatic N) is 2. The highest BCUT2D eigenvalue weighted by atomic mass is 16.4. The van der Waals surface area contributed by atoms with Crippen LogP contribution in [0.2, 0.25) is 0 Å². The van der Waals surface area contributed by atoms with E-state index in [9.17, 15) is 9.90 Å². The second kappa shape index (κ2) is 4.72. The number of fused-ring (bicyclic) bond motifs is 2. The molecule has 2 atom stereocenters. The summed E-state index contributed by atoms with van der Waals surface area (Å²) in [6.07, 6.45) is 5.52. The number of hydrogen-bond donors (Lipinski definition) is 1. The molecule has 0 spiro atoms. The summed E-state index contributed by atoms with van der Waals surface area (Å²) in [5.74, 6) is 1.63. The summed E-state index contributed by atoms with van der Waals surface area (Å²) in [6.45, 7) is 2.13. The number of anilines is 1. The summed E-state index contributed by atoms with van der Waals surface area (Å²) in [4.78, 5) is 18.2. The van der Waals surface area contributed by atoms with Crippen LogP contribution >= 0.6 is 0 Å². The highest BCUT2D eigenvalue weighted by molar-refractivity contribution is 6.06. The first-order valence-electron chi connectivity index (χ1n) is 7.60. The smallest absolute Gasteiger partial charge is 0.337 e. The molecule has 1 saturated carbocycles. The molecule has 108 valence electrons. The molecule has 1 aromatic heterocycles. The second-order valence-corrected chi connectivity index (χ2v) is 6.20. The molecule has 2 aromatic rings. The van der Waals surface area contributed by atoms with Crippen LogP contribution in [0.4, 0.5) is 5.82 Å². The molecular weight excluding hydrogens is 264 g/mol. The number of hydrogen-bond acceptors (Lipinski definition) is 3. The Balaban J connectivity index is 1.80. The van der Waals surface area contributed by atoms with Gasteiger partial charge < -0.3 is 10.0 Å². The molecule has 0 amide bonds. The Morgan fingerprint density at radius 2 is 1.81 bits per heavy atom. The van der Waals surface area contributed by atoms with Gasteiger partial charge in [-0.25, -0.2) is 9.78 Å². The van der Waals surface area contributed by atoms with Crippen molar-refractivity contribution < 1.29 is 9.90 Å². The van der Waals surface area contributed by atoms with E-state index in [1.54, 1.807) is 0 Å². The maximum Gasteiger partial charge on any atom is 0.337 e. The monoisotopic (exact) mass is 282 g/mol. The first-order valence-corrected chi connectivity index (χ1v) is 7.60. The van der Waals surface area contributed by atoms with Gasteiger partial charge in [-0.2, -0.15) is 0 Å². The topological polar surface area (TPSA) is 53.4 Å². The van der Waals surface area contributed by atoms with E-state index >= 15 is 0 Å². The first kappa shape index (κ1) is 12.6. The Kier molecular flexibility index (Phi) is 2.84. The second-order valence-electron chi connectivity index (χ2n) is 6.20. The Bertz CT molecular complexity index is 701. The van der Waals surface area contributed by atoms with Crippen molar-refractivity contribution in [3.8, 4) is 0 Å². The van der Waals surface area contributed by atoms with E-state index < -0.39 is 5.97 Å². The molecule has 4 nitrogen and oxygen atoms in total. The van der Waals surface area contributed by atoms with Crippen LogP contribution in [-0.4, -0.2) is 29.1 Å². The molecular formula is C17H18N2O2. The van der Waals surface area contributed by atoms with Crippen molar-refractivity contribution in [1.29, 1.82) is 0 Å². The van der Waals surface area contributed by atoms with Gasteiger partial charge in [0.25, 0.3) is 0 Å². The average molecular weight is 282 g/mol. The molecule has 2 unspecified atom stereocenters. The number of carbonyl (C=O) groups is 1. The highest BCUT2D eigenvalue weighted by Crippen LogP contribution is 2.40. The minimum absolute atomic E-state index is 0.286. The molecule has 1 aliphatic carbocycles. The van der Waals surface area contributed by atoms with Crippen molar-refractivity contribution in [2.75, 3.05) is 18.0 Å². The van der Waals surface area contributed by atoms with Gasteiger partial charge in [0, 0.05) is 30.1 Å². The zero-order valence-electron chi connectivity index (χ0n) is 11.8. The Morgan fingerprint density at radius 1 is 1.14 bits per heavy atom. The number of pyridine rings is 1. The molecule has 0 radical (unpaired) electrons. The molecule has 4 heteroatoms. The number of carboxylic acid groups (broad SMARTS) is 1. The van der Waals surface area contributed by atoms with Crippen molar-refractivity contribution in [2.24, 2.45) is 11.8 Å². The van der Waals surface area contributed by atoms with E-state index in [4.69, 9.17) is 0 Å². The molecule has 1 aliphatic heterocycles. The third kappa shape index (κ3) is 1.97. The fourth-order valence-corrected chi connectivity index (χ4v) is 4.01. The average Bonchev–Trinajstić information content (AvgIpc) is 3.07. The standard InChI is InChI=1S/C17H18N2O2/c20-17(21)15-8-18-16(14-7-2-1-6-13(14)15)19-9-11-4-3-5-12(11)10-19/h1-2,6-8,11-12H,3-5,9-10H2,(H,20,21). The number of benzene rings is 1. The van der Waals surface area contributed by atoms with Gasteiger partial charge in [0.2, 0.25) is 0 Å². The van der Waals surface area contributed by atoms with Crippen LogP contribution in [0.25, 0.3) is 10.8 Å². The van der Waals surface area contributed by atoms with Crippen LogP contribution in [0.15, 0.2) is 30.5 Å². The van der Waals surface area contributed by atoms with Crippen molar-refractivity contribution in [1.82, 2.24) is 4.98 Å². The molecule has 1 saturated heterocycles. The van der Waals surface area contributed by atoms with E-state index in [1.165, 1.54) is 25.5 Å². The largest absolute Gasteiger partial charge is 0.478 e. The molecule has 2 aliphatic rings. The Morgan fingerprint density at radius 3 is 2.48 bits per heavy atom. The van der Waals surface area contributed by atoms with E-state index in [0.29, 0.717) is 0 Å². The van der Waals surface area contributed by atoms with Crippen molar-refractivity contribution >= 4 is 22.6 Å². The summed E-state index contributed by atoms with van der Waals surface area (Å²) in [7, 11) is 0. The van der Waals surface area contributed by atoms with Crippen LogP contribution in [0.1, 0.15) is 29.6 Å². The first-order chi connectivity index (χ1) is 10.2. The minimum Gasteiger partial charge on any atom is -0.478 e. The third-order valence-electron chi connectivity index (χ3n) is 5.03. The fraction of sp³-hybridized carbons (Fsp3) is 0.412. The molecule has 1 aromatic carbocycles. The Hall–Kier alpha value is -2.10. The minimum atomic E-state index is -0.913. The number of aromatic nitrogens is 1. The quantitative estimate of drug-likeness (QED) is 0.919. The predicted octanol–water partition coefficient (Wildman–Crippen LogP) is 3.17. The van der Waals surface area contributed by atoms with Gasteiger partial charge in [0.05, 0.1) is 5.56 Å². The van der Waals surface area contributed by atoms with Crippen LogP contribution in [0.3, 0.4) is 0 Å². The normalized spacial score (nSPS) is 24.5. The number of carboxylic acids is 1. The molecule has 2 heterocycles. The third-order valence-corrected chi connectivity index (χ3v) is 5.03. The maximum atomic E-state index is 11.4. The summed E-state index contributed by atoms with van der Waals surface area (Å²) in [5.41, 5.74) is 0.286. The molecule has 2 fully saturated rings. The number of aromatic carboxylic acids is 1. The zero-order valence-corrected chi connectivity index (χ0v) is 11.8. The van der Waals surface area contributed by atoms with Crippen LogP contribution in [0.5, 0.6) is 0 Å². The van der Waals surface area contributed by atoms with E-state index in [2.05, 4.69) is 9.88 Å². The van der Waals surface area contributed by atoms with E-state index in [1.807, 2.05) is 24.3 Å². The Labute approximate surface area is 123 Å². The highest BCUT2D eigenvalue weighted by Gasteiger charge is 2.37. The van der Waals surface area contributed by atoms with Gasteiger partial charge in [-0.15, -0.1) is 0 Å². The fourth-order valence-electron chi connectivity index (χ4n) is 4.01. The molecule has 4 rings (SSSR count). The SMILES string of the molecule is O=C(O)c1cnc(N2CC3CCCC3C2)c2ccccc12. The summed E-state index contributed by atoms with van der Waals surface area (Å²) >= 11 is 0. The molecule has 21 heavy (non-hydrogen) atoms. The lowest BCUT2D eigenvalue weighted by atomic mass is 10.0. The van der Waals surface area contributed by atoms with Gasteiger partial charge in [-0.1, -0.05) is 30.7 Å². The predicted molar refractivity (Wildman–Crippen MR) is 81.7 cm³/mol. The lowest BCUT2D eigenvalue weighted by molar-refractivity contribution is 0.0698. The lowest BCUT2D eigenvalue weighted by Gasteiger charge is -2.20. The van der Waals surface area contributed by atoms with Gasteiger partial charge in [0.15, 0.2) is 0 Å².